The first-order chi connectivity index (χ1) is 13.9. The lowest BCUT2D eigenvalue weighted by atomic mass is 9.95. The molecule has 6 nitrogen and oxygen atoms in total. The summed E-state index contributed by atoms with van der Waals surface area (Å²) in [5, 5.41) is 10.4. The SMILES string of the molecule is Cc1cc2oc(=O)cc(CSc3nnc(-c4ccncc4)n3C)c2cc1C(C)C. The van der Waals surface area contributed by atoms with E-state index in [0.717, 1.165) is 33.1 Å². The van der Waals surface area contributed by atoms with Gasteiger partial charge in [0, 0.05) is 42.2 Å². The predicted molar refractivity (Wildman–Crippen MR) is 115 cm³/mol. The van der Waals surface area contributed by atoms with Gasteiger partial charge < -0.3 is 8.98 Å². The van der Waals surface area contributed by atoms with Gasteiger partial charge in [-0.1, -0.05) is 25.6 Å². The normalized spacial score (nSPS) is 11.5. The fourth-order valence-electron chi connectivity index (χ4n) is 3.47. The third-order valence-electron chi connectivity index (χ3n) is 4.97. The quantitative estimate of drug-likeness (QED) is 0.353. The molecule has 0 atom stereocenters. The van der Waals surface area contributed by atoms with Crippen molar-refractivity contribution in [2.24, 2.45) is 7.05 Å². The molecular formula is C22H22N4O2S. The van der Waals surface area contributed by atoms with Gasteiger partial charge in [-0.25, -0.2) is 4.79 Å². The van der Waals surface area contributed by atoms with Crippen LogP contribution < -0.4 is 5.63 Å². The molecule has 3 heterocycles. The Morgan fingerprint density at radius 2 is 1.90 bits per heavy atom. The second kappa shape index (κ2) is 7.83. The number of aryl methyl sites for hydroxylation is 1. The molecule has 0 radical (unpaired) electrons. The number of hydrogen-bond donors (Lipinski definition) is 0. The summed E-state index contributed by atoms with van der Waals surface area (Å²) in [5.41, 5.74) is 4.60. The molecule has 0 aliphatic heterocycles. The van der Waals surface area contributed by atoms with Crippen molar-refractivity contribution in [3.8, 4) is 11.4 Å². The van der Waals surface area contributed by atoms with E-state index in [-0.39, 0.29) is 5.63 Å². The van der Waals surface area contributed by atoms with E-state index in [4.69, 9.17) is 4.42 Å². The summed E-state index contributed by atoms with van der Waals surface area (Å²) in [4.78, 5) is 16.1. The van der Waals surface area contributed by atoms with E-state index in [9.17, 15) is 4.79 Å². The summed E-state index contributed by atoms with van der Waals surface area (Å²) < 4.78 is 7.41. The minimum absolute atomic E-state index is 0.333. The maximum absolute atomic E-state index is 12.1. The Bertz CT molecular complexity index is 1230. The number of thioether (sulfide) groups is 1. The Balaban J connectivity index is 1.68. The van der Waals surface area contributed by atoms with Gasteiger partial charge in [0.2, 0.25) is 0 Å². The van der Waals surface area contributed by atoms with Crippen molar-refractivity contribution in [3.63, 3.8) is 0 Å². The molecule has 4 rings (SSSR count). The number of fused-ring (bicyclic) bond motifs is 1. The molecule has 7 heteroatoms. The Morgan fingerprint density at radius 1 is 1.14 bits per heavy atom. The van der Waals surface area contributed by atoms with Gasteiger partial charge in [0.25, 0.3) is 0 Å². The Labute approximate surface area is 173 Å². The second-order valence-electron chi connectivity index (χ2n) is 7.34. The monoisotopic (exact) mass is 406 g/mol. The van der Waals surface area contributed by atoms with Crippen molar-refractivity contribution < 1.29 is 4.42 Å². The Hall–Kier alpha value is -2.93. The van der Waals surface area contributed by atoms with Crippen LogP contribution >= 0.6 is 11.8 Å². The largest absolute Gasteiger partial charge is 0.423 e. The molecular weight excluding hydrogens is 384 g/mol. The molecule has 0 unspecified atom stereocenters. The molecule has 29 heavy (non-hydrogen) atoms. The lowest BCUT2D eigenvalue weighted by Gasteiger charge is -2.13. The molecule has 0 saturated carbocycles. The van der Waals surface area contributed by atoms with Crippen LogP contribution in [0.2, 0.25) is 0 Å². The predicted octanol–water partition coefficient (Wildman–Crippen LogP) is 4.71. The summed E-state index contributed by atoms with van der Waals surface area (Å²) in [6, 6.07) is 9.50. The topological polar surface area (TPSA) is 73.8 Å². The molecule has 0 N–H and O–H groups in total. The number of rotatable bonds is 5. The first-order valence-corrected chi connectivity index (χ1v) is 10.4. The van der Waals surface area contributed by atoms with E-state index < -0.39 is 0 Å². The standard InChI is InChI=1S/C22H22N4O2S/c1-13(2)17-11-18-16(10-20(27)28-19(18)9-14(17)3)12-29-22-25-24-21(26(22)4)15-5-7-23-8-6-15/h5-11,13H,12H2,1-4H3. The summed E-state index contributed by atoms with van der Waals surface area (Å²) >= 11 is 1.55. The third kappa shape index (κ3) is 3.82. The third-order valence-corrected chi connectivity index (χ3v) is 6.04. The molecule has 0 spiro atoms. The number of hydrogen-bond acceptors (Lipinski definition) is 6. The number of pyridine rings is 1. The van der Waals surface area contributed by atoms with Crippen LogP contribution in [0.4, 0.5) is 0 Å². The van der Waals surface area contributed by atoms with E-state index in [2.05, 4.69) is 42.0 Å². The van der Waals surface area contributed by atoms with E-state index in [1.807, 2.05) is 29.8 Å². The summed E-state index contributed by atoms with van der Waals surface area (Å²) in [5.74, 6) is 1.78. The fourth-order valence-corrected chi connectivity index (χ4v) is 4.37. The van der Waals surface area contributed by atoms with Gasteiger partial charge in [0.1, 0.15) is 5.58 Å². The van der Waals surface area contributed by atoms with Crippen molar-refractivity contribution in [1.29, 1.82) is 0 Å². The van der Waals surface area contributed by atoms with Crippen LogP contribution in [0.5, 0.6) is 0 Å². The van der Waals surface area contributed by atoms with Gasteiger partial charge in [-0.15, -0.1) is 10.2 Å². The molecule has 0 aliphatic carbocycles. The molecule has 1 aromatic carbocycles. The highest BCUT2D eigenvalue weighted by Crippen LogP contribution is 2.30. The van der Waals surface area contributed by atoms with Gasteiger partial charge >= 0.3 is 5.63 Å². The number of nitrogens with zero attached hydrogens (tertiary/aromatic N) is 4. The highest BCUT2D eigenvalue weighted by atomic mass is 32.2. The highest BCUT2D eigenvalue weighted by Gasteiger charge is 2.14. The zero-order valence-electron chi connectivity index (χ0n) is 16.8. The Kier molecular flexibility index (Phi) is 5.24. The minimum atomic E-state index is -0.333. The van der Waals surface area contributed by atoms with Gasteiger partial charge in [0.15, 0.2) is 11.0 Å². The molecule has 148 valence electrons. The molecule has 0 saturated heterocycles. The van der Waals surface area contributed by atoms with Crippen LogP contribution in [0, 0.1) is 6.92 Å². The molecule has 0 aliphatic rings. The van der Waals surface area contributed by atoms with Crippen molar-refractivity contribution in [2.75, 3.05) is 0 Å². The van der Waals surface area contributed by atoms with Crippen LogP contribution in [-0.4, -0.2) is 19.7 Å². The van der Waals surface area contributed by atoms with E-state index in [1.165, 1.54) is 5.56 Å². The van der Waals surface area contributed by atoms with Gasteiger partial charge in [-0.2, -0.15) is 0 Å². The van der Waals surface area contributed by atoms with Crippen molar-refractivity contribution in [1.82, 2.24) is 19.7 Å². The summed E-state index contributed by atoms with van der Waals surface area (Å²) in [6.45, 7) is 6.39. The lowest BCUT2D eigenvalue weighted by molar-refractivity contribution is 0.559. The summed E-state index contributed by atoms with van der Waals surface area (Å²) in [6.07, 6.45) is 3.47. The lowest BCUT2D eigenvalue weighted by Crippen LogP contribution is -2.02. The maximum Gasteiger partial charge on any atom is 0.336 e. The van der Waals surface area contributed by atoms with Gasteiger partial charge in [0.05, 0.1) is 0 Å². The van der Waals surface area contributed by atoms with Crippen LogP contribution in [0.25, 0.3) is 22.4 Å². The van der Waals surface area contributed by atoms with E-state index >= 15 is 0 Å². The van der Waals surface area contributed by atoms with Crippen molar-refractivity contribution in [2.45, 2.75) is 37.6 Å². The zero-order chi connectivity index (χ0) is 20.5. The van der Waals surface area contributed by atoms with Gasteiger partial charge in [-0.3, -0.25) is 4.98 Å². The first-order valence-electron chi connectivity index (χ1n) is 9.44. The Morgan fingerprint density at radius 3 is 2.62 bits per heavy atom. The zero-order valence-corrected chi connectivity index (χ0v) is 17.7. The van der Waals surface area contributed by atoms with Gasteiger partial charge in [-0.05, 0) is 53.8 Å². The average molecular weight is 407 g/mol. The molecule has 0 amide bonds. The summed E-state index contributed by atoms with van der Waals surface area (Å²) in [7, 11) is 1.94. The minimum Gasteiger partial charge on any atom is -0.423 e. The van der Waals surface area contributed by atoms with Crippen LogP contribution in [0.1, 0.15) is 36.5 Å². The van der Waals surface area contributed by atoms with E-state index in [1.54, 1.807) is 30.2 Å². The van der Waals surface area contributed by atoms with Crippen LogP contribution in [0.15, 0.2) is 57.1 Å². The number of aromatic nitrogens is 4. The fraction of sp³-hybridized carbons (Fsp3) is 0.273. The molecule has 3 aromatic heterocycles. The van der Waals surface area contributed by atoms with Crippen molar-refractivity contribution >= 4 is 22.7 Å². The molecule has 0 fully saturated rings. The smallest absolute Gasteiger partial charge is 0.336 e. The maximum atomic E-state index is 12.1. The highest BCUT2D eigenvalue weighted by molar-refractivity contribution is 7.98. The molecule has 0 bridgehead atoms. The second-order valence-corrected chi connectivity index (χ2v) is 8.28. The van der Waals surface area contributed by atoms with Crippen LogP contribution in [-0.2, 0) is 12.8 Å². The first kappa shape index (κ1) is 19.4. The van der Waals surface area contributed by atoms with E-state index in [0.29, 0.717) is 17.3 Å². The molecule has 4 aromatic rings. The van der Waals surface area contributed by atoms with Crippen molar-refractivity contribution in [3.05, 3.63) is 69.8 Å². The van der Waals surface area contributed by atoms with Crippen LogP contribution in [0.3, 0.4) is 0 Å². The number of benzene rings is 1. The average Bonchev–Trinajstić information content (AvgIpc) is 3.06.